The van der Waals surface area contributed by atoms with Gasteiger partial charge in [-0.1, -0.05) is 18.2 Å². The summed E-state index contributed by atoms with van der Waals surface area (Å²) in [4.78, 5) is 38.1. The molecule has 7 heteroatoms. The fraction of sp³-hybridized carbons (Fsp3) is 0. The molecule has 1 aromatic carbocycles. The molecular formula is C15H11N3O3S. The van der Waals surface area contributed by atoms with Crippen molar-refractivity contribution in [3.63, 3.8) is 0 Å². The van der Waals surface area contributed by atoms with Gasteiger partial charge in [0.2, 0.25) is 5.56 Å². The number of para-hydroxylation sites is 1. The second kappa shape index (κ2) is 5.45. The van der Waals surface area contributed by atoms with Crippen LogP contribution in [0.15, 0.2) is 46.6 Å². The first kappa shape index (κ1) is 14.0. The second-order valence-corrected chi connectivity index (χ2v) is 5.49. The van der Waals surface area contributed by atoms with Crippen molar-refractivity contribution in [3.05, 3.63) is 63.3 Å². The fourth-order valence-corrected chi connectivity index (χ4v) is 2.95. The summed E-state index contributed by atoms with van der Waals surface area (Å²) in [7, 11) is 0. The zero-order chi connectivity index (χ0) is 15.7. The number of H-pyrrole nitrogens is 1. The molecule has 0 aliphatic carbocycles. The van der Waals surface area contributed by atoms with Gasteiger partial charge in [0.25, 0.3) is 11.8 Å². The van der Waals surface area contributed by atoms with E-state index in [4.69, 9.17) is 5.73 Å². The highest BCUT2D eigenvalue weighted by atomic mass is 32.1. The molecule has 2 amide bonds. The number of hydrogen-bond acceptors (Lipinski definition) is 4. The Morgan fingerprint density at radius 2 is 1.91 bits per heavy atom. The molecule has 110 valence electrons. The Morgan fingerprint density at radius 3 is 2.68 bits per heavy atom. The van der Waals surface area contributed by atoms with Crippen LogP contribution in [-0.2, 0) is 0 Å². The van der Waals surface area contributed by atoms with E-state index < -0.39 is 11.8 Å². The van der Waals surface area contributed by atoms with Crippen LogP contribution in [0.2, 0.25) is 0 Å². The molecule has 3 rings (SSSR count). The molecule has 0 unspecified atom stereocenters. The third-order valence-corrected chi connectivity index (χ3v) is 3.98. The van der Waals surface area contributed by atoms with Crippen molar-refractivity contribution >= 4 is 39.1 Å². The molecule has 0 saturated carbocycles. The topological polar surface area (TPSA) is 105 Å². The summed E-state index contributed by atoms with van der Waals surface area (Å²) in [5.74, 6) is -1.08. The summed E-state index contributed by atoms with van der Waals surface area (Å²) in [5, 5.41) is 5.28. The number of carbonyl (C=O) groups excluding carboxylic acids is 2. The van der Waals surface area contributed by atoms with E-state index in [0.29, 0.717) is 15.9 Å². The van der Waals surface area contributed by atoms with Gasteiger partial charge in [-0.15, -0.1) is 11.3 Å². The van der Waals surface area contributed by atoms with Gasteiger partial charge in [0.05, 0.1) is 11.1 Å². The van der Waals surface area contributed by atoms with E-state index in [1.54, 1.807) is 35.7 Å². The number of fused-ring (bicyclic) bond motifs is 1. The van der Waals surface area contributed by atoms with Crippen LogP contribution >= 0.6 is 11.3 Å². The maximum Gasteiger partial charge on any atom is 0.257 e. The standard InChI is InChI=1S/C15H11N3O3S/c16-13(20)9-5-6-22-15(9)18-14(21)10-7-12(19)17-11-4-2-1-3-8(10)11/h1-7H,(H2,16,20)(H,17,19)(H,18,21). The van der Waals surface area contributed by atoms with Crippen LogP contribution in [0.4, 0.5) is 5.00 Å². The van der Waals surface area contributed by atoms with Gasteiger partial charge < -0.3 is 16.0 Å². The molecule has 0 saturated heterocycles. The summed E-state index contributed by atoms with van der Waals surface area (Å²) in [6.07, 6.45) is 0. The van der Waals surface area contributed by atoms with E-state index in [1.165, 1.54) is 17.4 Å². The van der Waals surface area contributed by atoms with Gasteiger partial charge in [0.15, 0.2) is 0 Å². The van der Waals surface area contributed by atoms with E-state index in [0.717, 1.165) is 0 Å². The molecule has 0 bridgehead atoms. The SMILES string of the molecule is NC(=O)c1ccsc1NC(=O)c1cc(=O)[nH]c2ccccc12. The minimum Gasteiger partial charge on any atom is -0.366 e. The third kappa shape index (κ3) is 2.49. The maximum absolute atomic E-state index is 12.4. The summed E-state index contributed by atoms with van der Waals surface area (Å²) in [5.41, 5.74) is 5.93. The molecule has 2 aromatic heterocycles. The highest BCUT2D eigenvalue weighted by Gasteiger charge is 2.16. The quantitative estimate of drug-likeness (QED) is 0.688. The smallest absolute Gasteiger partial charge is 0.257 e. The highest BCUT2D eigenvalue weighted by molar-refractivity contribution is 7.14. The van der Waals surface area contributed by atoms with Crippen LogP contribution in [0.25, 0.3) is 10.9 Å². The van der Waals surface area contributed by atoms with Crippen molar-refractivity contribution < 1.29 is 9.59 Å². The lowest BCUT2D eigenvalue weighted by Crippen LogP contribution is -2.19. The van der Waals surface area contributed by atoms with Crippen molar-refractivity contribution in [1.82, 2.24) is 4.98 Å². The number of aromatic amines is 1. The van der Waals surface area contributed by atoms with E-state index in [1.807, 2.05) is 0 Å². The Hall–Kier alpha value is -2.93. The molecular weight excluding hydrogens is 302 g/mol. The first-order valence-corrected chi connectivity index (χ1v) is 7.25. The van der Waals surface area contributed by atoms with Crippen LogP contribution in [0, 0.1) is 0 Å². The van der Waals surface area contributed by atoms with E-state index in [9.17, 15) is 14.4 Å². The largest absolute Gasteiger partial charge is 0.366 e. The predicted octanol–water partition coefficient (Wildman–Crippen LogP) is 1.94. The summed E-state index contributed by atoms with van der Waals surface area (Å²) in [6.45, 7) is 0. The Labute approximate surface area is 128 Å². The van der Waals surface area contributed by atoms with Crippen LogP contribution in [0.5, 0.6) is 0 Å². The lowest BCUT2D eigenvalue weighted by Gasteiger charge is -2.07. The Bertz CT molecular complexity index is 942. The first-order valence-electron chi connectivity index (χ1n) is 6.37. The molecule has 3 aromatic rings. The molecule has 0 aliphatic heterocycles. The molecule has 2 heterocycles. The fourth-order valence-electron chi connectivity index (χ4n) is 2.16. The summed E-state index contributed by atoms with van der Waals surface area (Å²) >= 11 is 1.19. The Morgan fingerprint density at radius 1 is 1.14 bits per heavy atom. The van der Waals surface area contributed by atoms with Gasteiger partial charge in [-0.3, -0.25) is 14.4 Å². The number of carbonyl (C=O) groups is 2. The number of nitrogens with one attached hydrogen (secondary N) is 2. The van der Waals surface area contributed by atoms with Crippen molar-refractivity contribution in [2.75, 3.05) is 5.32 Å². The second-order valence-electron chi connectivity index (χ2n) is 4.57. The van der Waals surface area contributed by atoms with E-state index in [-0.39, 0.29) is 16.7 Å². The van der Waals surface area contributed by atoms with Gasteiger partial charge in [0.1, 0.15) is 5.00 Å². The number of thiophene rings is 1. The molecule has 0 atom stereocenters. The number of pyridine rings is 1. The highest BCUT2D eigenvalue weighted by Crippen LogP contribution is 2.24. The summed E-state index contributed by atoms with van der Waals surface area (Å²) < 4.78 is 0. The van der Waals surface area contributed by atoms with Gasteiger partial charge in [-0.05, 0) is 17.5 Å². The lowest BCUT2D eigenvalue weighted by atomic mass is 10.1. The average molecular weight is 313 g/mol. The summed E-state index contributed by atoms with van der Waals surface area (Å²) in [6, 6.07) is 9.77. The van der Waals surface area contributed by atoms with E-state index in [2.05, 4.69) is 10.3 Å². The predicted molar refractivity (Wildman–Crippen MR) is 85.4 cm³/mol. The number of anilines is 1. The van der Waals surface area contributed by atoms with Crippen LogP contribution in [-0.4, -0.2) is 16.8 Å². The zero-order valence-corrected chi connectivity index (χ0v) is 12.1. The normalized spacial score (nSPS) is 10.5. The number of rotatable bonds is 3. The molecule has 4 N–H and O–H groups in total. The maximum atomic E-state index is 12.4. The van der Waals surface area contributed by atoms with Gasteiger partial charge in [-0.2, -0.15) is 0 Å². The number of primary amides is 1. The van der Waals surface area contributed by atoms with Crippen LogP contribution in [0.1, 0.15) is 20.7 Å². The van der Waals surface area contributed by atoms with Gasteiger partial charge in [0, 0.05) is 17.0 Å². The lowest BCUT2D eigenvalue weighted by molar-refractivity contribution is 0.100. The minimum atomic E-state index is -0.618. The third-order valence-electron chi connectivity index (χ3n) is 3.15. The zero-order valence-electron chi connectivity index (χ0n) is 11.3. The van der Waals surface area contributed by atoms with Crippen LogP contribution in [0.3, 0.4) is 0 Å². The Balaban J connectivity index is 2.04. The Kier molecular flexibility index (Phi) is 3.48. The van der Waals surface area contributed by atoms with E-state index >= 15 is 0 Å². The average Bonchev–Trinajstić information content (AvgIpc) is 2.94. The molecule has 22 heavy (non-hydrogen) atoms. The van der Waals surface area contributed by atoms with Crippen molar-refractivity contribution in [2.45, 2.75) is 0 Å². The van der Waals surface area contributed by atoms with Gasteiger partial charge >= 0.3 is 0 Å². The molecule has 6 nitrogen and oxygen atoms in total. The number of benzene rings is 1. The molecule has 0 aliphatic rings. The molecule has 0 radical (unpaired) electrons. The first-order chi connectivity index (χ1) is 10.6. The van der Waals surface area contributed by atoms with Crippen LogP contribution < -0.4 is 16.6 Å². The molecule has 0 fully saturated rings. The number of nitrogens with two attached hydrogens (primary N) is 1. The molecule has 0 spiro atoms. The number of aromatic nitrogens is 1. The number of amides is 2. The van der Waals surface area contributed by atoms with Gasteiger partial charge in [-0.25, -0.2) is 0 Å². The van der Waals surface area contributed by atoms with Crippen molar-refractivity contribution in [1.29, 1.82) is 0 Å². The number of hydrogen-bond donors (Lipinski definition) is 3. The van der Waals surface area contributed by atoms with Crippen molar-refractivity contribution in [3.8, 4) is 0 Å². The monoisotopic (exact) mass is 313 g/mol. The van der Waals surface area contributed by atoms with Crippen molar-refractivity contribution in [2.24, 2.45) is 5.73 Å². The minimum absolute atomic E-state index is 0.239.